The molecule has 1 aliphatic heterocycles. The summed E-state index contributed by atoms with van der Waals surface area (Å²) in [5.41, 5.74) is 5.16. The van der Waals surface area contributed by atoms with E-state index < -0.39 is 4.92 Å². The lowest BCUT2D eigenvalue weighted by Gasteiger charge is -2.37. The maximum Gasteiger partial charge on any atom is 0.354 e. The van der Waals surface area contributed by atoms with Gasteiger partial charge in [0.2, 0.25) is 11.6 Å². The number of piperazine rings is 1. The van der Waals surface area contributed by atoms with E-state index in [0.717, 1.165) is 24.1 Å². The smallest absolute Gasteiger partial charge is 0.354 e. The molecule has 0 amide bonds. The van der Waals surface area contributed by atoms with E-state index in [-0.39, 0.29) is 11.5 Å². The van der Waals surface area contributed by atoms with Gasteiger partial charge in [0.05, 0.1) is 16.0 Å². The van der Waals surface area contributed by atoms with Gasteiger partial charge in [0.15, 0.2) is 0 Å². The molecule has 0 radical (unpaired) electrons. The quantitative estimate of drug-likeness (QED) is 0.361. The van der Waals surface area contributed by atoms with Crippen molar-refractivity contribution < 1.29 is 4.92 Å². The van der Waals surface area contributed by atoms with Crippen LogP contribution in [-0.2, 0) is 0 Å². The molecule has 162 valence electrons. The Hall–Kier alpha value is -4.01. The van der Waals surface area contributed by atoms with E-state index in [9.17, 15) is 10.1 Å². The third-order valence-electron chi connectivity index (χ3n) is 6.14. The van der Waals surface area contributed by atoms with Gasteiger partial charge in [-0.15, -0.1) is 0 Å². The van der Waals surface area contributed by atoms with E-state index in [1.807, 2.05) is 29.2 Å². The summed E-state index contributed by atoms with van der Waals surface area (Å²) in [6.45, 7) is 7.03. The minimum Gasteiger partial charge on any atom is -0.368 e. The molecule has 9 heteroatoms. The molecular formula is C23H23N7O2. The topological polar surface area (TPSA) is 93.2 Å². The molecule has 0 bridgehead atoms. The maximum absolute atomic E-state index is 12.1. The molecule has 0 unspecified atom stereocenters. The zero-order valence-electron chi connectivity index (χ0n) is 18.0. The Labute approximate surface area is 185 Å². The van der Waals surface area contributed by atoms with Crippen molar-refractivity contribution in [3.05, 3.63) is 76.4 Å². The molecule has 5 rings (SSSR count). The monoisotopic (exact) mass is 429 g/mol. The zero-order valence-corrected chi connectivity index (χ0v) is 18.0. The molecule has 2 aromatic carbocycles. The molecule has 0 atom stereocenters. The van der Waals surface area contributed by atoms with Crippen molar-refractivity contribution in [3.8, 4) is 5.82 Å². The fraction of sp³-hybridized carbons (Fsp3) is 0.261. The van der Waals surface area contributed by atoms with Crippen molar-refractivity contribution in [3.63, 3.8) is 0 Å². The Balaban J connectivity index is 1.48. The summed E-state index contributed by atoms with van der Waals surface area (Å²) >= 11 is 0. The molecule has 0 aliphatic carbocycles. The van der Waals surface area contributed by atoms with E-state index >= 15 is 0 Å². The summed E-state index contributed by atoms with van der Waals surface area (Å²) in [4.78, 5) is 29.0. The maximum atomic E-state index is 12.1. The summed E-state index contributed by atoms with van der Waals surface area (Å²) in [6, 6.07) is 13.8. The normalized spacial score (nSPS) is 14.2. The van der Waals surface area contributed by atoms with Crippen LogP contribution in [-0.4, -0.2) is 50.6 Å². The number of para-hydroxylation sites is 2. The minimum absolute atomic E-state index is 0.101. The Kier molecular flexibility index (Phi) is 4.93. The van der Waals surface area contributed by atoms with Gasteiger partial charge in [-0.05, 0) is 43.2 Å². The van der Waals surface area contributed by atoms with Crippen LogP contribution in [0.2, 0.25) is 0 Å². The second-order valence-electron chi connectivity index (χ2n) is 7.92. The Morgan fingerprint density at radius 1 is 0.875 bits per heavy atom. The van der Waals surface area contributed by atoms with Crippen LogP contribution in [0.1, 0.15) is 11.1 Å². The number of rotatable bonds is 4. The van der Waals surface area contributed by atoms with E-state index in [1.54, 1.807) is 10.9 Å². The molecule has 32 heavy (non-hydrogen) atoms. The highest BCUT2D eigenvalue weighted by Gasteiger charge is 2.31. The first kappa shape index (κ1) is 19.9. The lowest BCUT2D eigenvalue weighted by atomic mass is 10.1. The number of imidazole rings is 1. The highest BCUT2D eigenvalue weighted by molar-refractivity contribution is 5.79. The van der Waals surface area contributed by atoms with E-state index in [4.69, 9.17) is 0 Å². The third kappa shape index (κ3) is 3.31. The van der Waals surface area contributed by atoms with Crippen LogP contribution < -0.4 is 9.80 Å². The lowest BCUT2D eigenvalue weighted by molar-refractivity contribution is -0.384. The van der Waals surface area contributed by atoms with E-state index in [0.29, 0.717) is 18.9 Å². The summed E-state index contributed by atoms with van der Waals surface area (Å²) in [6.07, 6.45) is 2.96. The predicted molar refractivity (Wildman–Crippen MR) is 124 cm³/mol. The van der Waals surface area contributed by atoms with E-state index in [1.165, 1.54) is 23.1 Å². The van der Waals surface area contributed by atoms with Gasteiger partial charge >= 0.3 is 5.69 Å². The minimum atomic E-state index is -0.392. The highest BCUT2D eigenvalue weighted by Crippen LogP contribution is 2.33. The van der Waals surface area contributed by atoms with Crippen molar-refractivity contribution in [2.45, 2.75) is 13.8 Å². The number of anilines is 2. The average Bonchev–Trinajstić information content (AvgIpc) is 3.24. The number of aromatic nitrogens is 4. The fourth-order valence-corrected chi connectivity index (χ4v) is 4.30. The molecule has 0 spiro atoms. The molecule has 9 nitrogen and oxygen atoms in total. The third-order valence-corrected chi connectivity index (χ3v) is 6.14. The van der Waals surface area contributed by atoms with Crippen LogP contribution >= 0.6 is 0 Å². The SMILES string of the molecule is Cc1cccc(N2CCN(c3ncnc(-n4cnc5ccccc54)c3[N+](=O)[O-])CC2)c1C. The fourth-order valence-electron chi connectivity index (χ4n) is 4.30. The van der Waals surface area contributed by atoms with E-state index in [2.05, 4.69) is 51.9 Å². The van der Waals surface area contributed by atoms with Gasteiger partial charge in [-0.25, -0.2) is 15.0 Å². The standard InChI is InChI=1S/C23H23N7O2/c1-16-6-5-9-19(17(16)2)27-10-12-28(13-11-27)22-21(30(31)32)23(25-14-24-22)29-15-26-18-7-3-4-8-20(18)29/h3-9,14-15H,10-13H2,1-2H3. The van der Waals surface area contributed by atoms with Gasteiger partial charge in [0.1, 0.15) is 12.7 Å². The van der Waals surface area contributed by atoms with Crippen LogP contribution in [0.5, 0.6) is 0 Å². The van der Waals surface area contributed by atoms with Crippen LogP contribution in [0.15, 0.2) is 55.1 Å². The number of fused-ring (bicyclic) bond motifs is 1. The second kappa shape index (κ2) is 7.92. The average molecular weight is 429 g/mol. The van der Waals surface area contributed by atoms with Gasteiger partial charge in [-0.3, -0.25) is 14.7 Å². The van der Waals surface area contributed by atoms with Gasteiger partial charge in [0.25, 0.3) is 0 Å². The lowest BCUT2D eigenvalue weighted by Crippen LogP contribution is -2.47. The number of hydrogen-bond donors (Lipinski definition) is 0. The van der Waals surface area contributed by atoms with Crippen LogP contribution in [0.3, 0.4) is 0 Å². The molecule has 1 aliphatic rings. The summed E-state index contributed by atoms with van der Waals surface area (Å²) in [7, 11) is 0. The van der Waals surface area contributed by atoms with Gasteiger partial charge in [0, 0.05) is 31.9 Å². The largest absolute Gasteiger partial charge is 0.368 e. The van der Waals surface area contributed by atoms with Crippen molar-refractivity contribution in [2.75, 3.05) is 36.0 Å². The molecule has 3 heterocycles. The molecule has 0 saturated carbocycles. The molecule has 2 aromatic heterocycles. The van der Waals surface area contributed by atoms with Gasteiger partial charge < -0.3 is 9.80 Å². The highest BCUT2D eigenvalue weighted by atomic mass is 16.6. The number of nitrogens with zero attached hydrogens (tertiary/aromatic N) is 7. The van der Waals surface area contributed by atoms with Crippen LogP contribution in [0.4, 0.5) is 17.2 Å². The van der Waals surface area contributed by atoms with Crippen molar-refractivity contribution >= 4 is 28.2 Å². The number of benzene rings is 2. The Morgan fingerprint density at radius 3 is 2.38 bits per heavy atom. The number of hydrogen-bond acceptors (Lipinski definition) is 7. The first-order chi connectivity index (χ1) is 15.5. The van der Waals surface area contributed by atoms with Crippen molar-refractivity contribution in [1.82, 2.24) is 19.5 Å². The number of aryl methyl sites for hydroxylation is 1. The summed E-state index contributed by atoms with van der Waals surface area (Å²) < 4.78 is 1.66. The van der Waals surface area contributed by atoms with Gasteiger partial charge in [-0.1, -0.05) is 24.3 Å². The zero-order chi connectivity index (χ0) is 22.2. The summed E-state index contributed by atoms with van der Waals surface area (Å²) in [5.74, 6) is 0.573. The second-order valence-corrected chi connectivity index (χ2v) is 7.92. The first-order valence-electron chi connectivity index (χ1n) is 10.5. The van der Waals surface area contributed by atoms with Crippen molar-refractivity contribution in [2.24, 2.45) is 0 Å². The van der Waals surface area contributed by atoms with Gasteiger partial charge in [-0.2, -0.15) is 0 Å². The van der Waals surface area contributed by atoms with Crippen molar-refractivity contribution in [1.29, 1.82) is 0 Å². The van der Waals surface area contributed by atoms with Crippen LogP contribution in [0, 0.1) is 24.0 Å². The number of nitro groups is 1. The molecule has 1 fully saturated rings. The Bertz CT molecular complexity index is 1310. The predicted octanol–water partition coefficient (Wildman–Crippen LogP) is 3.67. The molecule has 0 N–H and O–H groups in total. The molecule has 1 saturated heterocycles. The first-order valence-corrected chi connectivity index (χ1v) is 10.5. The molecular weight excluding hydrogens is 406 g/mol. The van der Waals surface area contributed by atoms with Crippen LogP contribution in [0.25, 0.3) is 16.9 Å². The Morgan fingerprint density at radius 2 is 1.59 bits per heavy atom. The summed E-state index contributed by atoms with van der Waals surface area (Å²) in [5, 5.41) is 12.1. The molecule has 4 aromatic rings.